The second-order valence-corrected chi connectivity index (χ2v) is 9.96. The number of aromatic amines is 1. The normalized spacial score (nSPS) is 14.3. The summed E-state index contributed by atoms with van der Waals surface area (Å²) in [5.74, 6) is -3.81. The van der Waals surface area contributed by atoms with Crippen LogP contribution in [0.25, 0.3) is 0 Å². The summed E-state index contributed by atoms with van der Waals surface area (Å²) < 4.78 is 4.43. The highest BCUT2D eigenvalue weighted by molar-refractivity contribution is 7.98. The molecular weight excluding hydrogens is 592 g/mol. The van der Waals surface area contributed by atoms with Crippen LogP contribution in [0.5, 0.6) is 0 Å². The molecule has 19 heteroatoms. The molecule has 250 valence electrons. The van der Waals surface area contributed by atoms with Crippen LogP contribution in [0.2, 0.25) is 0 Å². The summed E-state index contributed by atoms with van der Waals surface area (Å²) in [6, 6.07) is -4.27. The van der Waals surface area contributed by atoms with Gasteiger partial charge in [0.05, 0.1) is 12.4 Å². The number of thioether (sulfide) groups is 1. The van der Waals surface area contributed by atoms with Crippen molar-refractivity contribution in [2.45, 2.75) is 82.3 Å². The van der Waals surface area contributed by atoms with Crippen LogP contribution in [0.3, 0.4) is 0 Å². The molecule has 1 aromatic heterocycles. The minimum absolute atomic E-state index is 0.287. The molecule has 6 atom stereocenters. The van der Waals surface area contributed by atoms with E-state index in [9.17, 15) is 24.0 Å². The van der Waals surface area contributed by atoms with Crippen LogP contribution in [0.4, 0.5) is 0 Å². The first-order valence-corrected chi connectivity index (χ1v) is 14.4. The Morgan fingerprint density at radius 3 is 1.79 bits per heavy atom. The highest BCUT2D eigenvalue weighted by Crippen LogP contribution is 2.01. The fourth-order valence-corrected chi connectivity index (χ4v) is 2.68. The Labute approximate surface area is 254 Å². The highest BCUT2D eigenvalue weighted by atomic mass is 32.2. The molecule has 0 unspecified atom stereocenters. The van der Waals surface area contributed by atoms with Gasteiger partial charge in [0.15, 0.2) is 0 Å². The first kappa shape index (κ1) is 44.3. The summed E-state index contributed by atoms with van der Waals surface area (Å²) in [7, 11) is 0. The van der Waals surface area contributed by atoms with Gasteiger partial charge < -0.3 is 64.5 Å². The fourth-order valence-electron chi connectivity index (χ4n) is 2.19. The number of nitrogens with two attached hydrogens (primary N) is 6. The molecule has 1 heterocycles. The lowest BCUT2D eigenvalue weighted by atomic mass is 10.1. The molecule has 0 spiro atoms. The number of unbranched alkanes of at least 4 members (excludes halogenated alkanes) is 1. The molecular formula is C24H48N8O10S. The highest BCUT2D eigenvalue weighted by Gasteiger charge is 2.20. The maximum absolute atomic E-state index is 11.1. The molecule has 1 rings (SSSR count). The van der Waals surface area contributed by atoms with Crippen molar-refractivity contribution in [3.05, 3.63) is 18.2 Å². The SMILES string of the molecule is CSCC[C@H](N)C(=O)OC(=O)[C@H](C)N.C[C@@H](O)[C@H](N)C(=O)O.NCCCC[C@H](N)C(=O)O.N[C@@H](Cc1cnc[nH]1)C(=O)O. The predicted octanol–water partition coefficient (Wildman–Crippen LogP) is -2.85. The lowest BCUT2D eigenvalue weighted by Crippen LogP contribution is -2.39. The van der Waals surface area contributed by atoms with E-state index in [2.05, 4.69) is 14.7 Å². The van der Waals surface area contributed by atoms with Crippen LogP contribution < -0.4 is 34.4 Å². The van der Waals surface area contributed by atoms with Crippen LogP contribution in [-0.4, -0.2) is 115 Å². The van der Waals surface area contributed by atoms with Crippen LogP contribution in [-0.2, 0) is 35.1 Å². The summed E-state index contributed by atoms with van der Waals surface area (Å²) in [4.78, 5) is 58.8. The van der Waals surface area contributed by atoms with E-state index in [1.54, 1.807) is 18.0 Å². The zero-order valence-corrected chi connectivity index (χ0v) is 25.4. The number of esters is 2. The Kier molecular flexibility index (Phi) is 27.2. The van der Waals surface area contributed by atoms with Gasteiger partial charge in [0.25, 0.3) is 0 Å². The summed E-state index contributed by atoms with van der Waals surface area (Å²) in [6.45, 7) is 3.38. The second-order valence-electron chi connectivity index (χ2n) is 8.98. The van der Waals surface area contributed by atoms with Crippen molar-refractivity contribution < 1.29 is 49.1 Å². The Morgan fingerprint density at radius 1 is 0.884 bits per heavy atom. The van der Waals surface area contributed by atoms with E-state index in [1.807, 2.05) is 6.26 Å². The van der Waals surface area contributed by atoms with E-state index in [1.165, 1.54) is 20.2 Å². The van der Waals surface area contributed by atoms with E-state index in [0.717, 1.165) is 24.3 Å². The number of carboxylic acid groups (broad SMARTS) is 3. The Bertz CT molecular complexity index is 922. The number of hydrogen-bond donors (Lipinski definition) is 11. The number of ether oxygens (including phenoxy) is 1. The third-order valence-electron chi connectivity index (χ3n) is 4.91. The summed E-state index contributed by atoms with van der Waals surface area (Å²) in [6.07, 6.45) is 6.92. The quantitative estimate of drug-likeness (QED) is 0.0522. The van der Waals surface area contributed by atoms with Crippen molar-refractivity contribution in [3.8, 4) is 0 Å². The minimum Gasteiger partial charge on any atom is -0.480 e. The van der Waals surface area contributed by atoms with E-state index in [-0.39, 0.29) is 6.42 Å². The molecule has 43 heavy (non-hydrogen) atoms. The molecule has 0 aliphatic heterocycles. The molecule has 18 nitrogen and oxygen atoms in total. The second kappa shape index (κ2) is 26.5. The number of aliphatic hydroxyl groups excluding tert-OH is 1. The maximum Gasteiger partial charge on any atom is 0.330 e. The first-order chi connectivity index (χ1) is 19.9. The number of nitrogens with one attached hydrogen (secondary N) is 1. The monoisotopic (exact) mass is 640 g/mol. The molecule has 0 aromatic carbocycles. The number of aromatic nitrogens is 2. The predicted molar refractivity (Wildman–Crippen MR) is 159 cm³/mol. The Hall–Kier alpha value is -3.17. The number of imidazole rings is 1. The molecule has 0 saturated carbocycles. The molecule has 0 aliphatic rings. The van der Waals surface area contributed by atoms with Gasteiger partial charge in [-0.15, -0.1) is 0 Å². The number of carbonyl (C=O) groups excluding carboxylic acids is 2. The lowest BCUT2D eigenvalue weighted by Gasteiger charge is -2.10. The van der Waals surface area contributed by atoms with Gasteiger partial charge in [-0.2, -0.15) is 11.8 Å². The zero-order valence-electron chi connectivity index (χ0n) is 24.6. The largest absolute Gasteiger partial charge is 0.480 e. The van der Waals surface area contributed by atoms with Gasteiger partial charge in [0.1, 0.15) is 30.2 Å². The molecule has 0 saturated heterocycles. The number of H-pyrrole nitrogens is 1. The van der Waals surface area contributed by atoms with Crippen LogP contribution in [0.15, 0.2) is 12.5 Å². The van der Waals surface area contributed by atoms with Gasteiger partial charge in [-0.05, 0) is 51.7 Å². The van der Waals surface area contributed by atoms with Crippen molar-refractivity contribution in [1.82, 2.24) is 9.97 Å². The zero-order chi connectivity index (χ0) is 34.1. The molecule has 0 aliphatic carbocycles. The number of aliphatic carboxylic acids is 3. The molecule has 0 radical (unpaired) electrons. The standard InChI is InChI=1S/C8H16N2O3S.C6H9N3O2.C6H14N2O2.C4H9NO3/c1-5(9)7(11)13-8(12)6(10)3-4-14-2;7-5(6(10)11)1-4-2-8-3-9-4;7-4-2-1-3-5(8)6(9)10;1-2(6)3(5)4(7)8/h5-6H,3-4,9-10H2,1-2H3;2-3,5H,1,7H2,(H,8,9)(H,10,11);5H,1-4,7-8H2,(H,9,10);2-3,6H,5H2,1H3,(H,7,8)/t5-,6-;2*5-;2-,3+/m0001/s1. The lowest BCUT2D eigenvalue weighted by molar-refractivity contribution is -0.161. The number of carboxylic acids is 3. The summed E-state index contributed by atoms with van der Waals surface area (Å²) in [5.41, 5.74) is 32.0. The fraction of sp³-hybridized carbons (Fsp3) is 0.667. The average Bonchev–Trinajstić information content (AvgIpc) is 3.45. The van der Waals surface area contributed by atoms with E-state index in [4.69, 9.17) is 54.8 Å². The summed E-state index contributed by atoms with van der Waals surface area (Å²) >= 11 is 1.58. The van der Waals surface area contributed by atoms with Gasteiger partial charge >= 0.3 is 29.8 Å². The van der Waals surface area contributed by atoms with E-state index < -0.39 is 66.2 Å². The molecule has 0 bridgehead atoms. The number of nitrogens with zero attached hydrogens (tertiary/aromatic N) is 1. The Balaban J connectivity index is -0.000000506. The van der Waals surface area contributed by atoms with Gasteiger partial charge in [-0.3, -0.25) is 14.4 Å². The number of rotatable bonds is 15. The van der Waals surface area contributed by atoms with Crippen molar-refractivity contribution in [2.24, 2.45) is 34.4 Å². The molecule has 0 amide bonds. The molecule has 1 aromatic rings. The number of hydrogen-bond acceptors (Lipinski definition) is 15. The number of carbonyl (C=O) groups is 5. The first-order valence-electron chi connectivity index (χ1n) is 13.0. The van der Waals surface area contributed by atoms with Crippen molar-refractivity contribution >= 4 is 41.6 Å². The van der Waals surface area contributed by atoms with Gasteiger partial charge in [-0.25, -0.2) is 14.6 Å². The number of aliphatic hydroxyl groups is 1. The summed E-state index contributed by atoms with van der Waals surface area (Å²) in [5, 5.41) is 33.3. The van der Waals surface area contributed by atoms with Crippen molar-refractivity contribution in [2.75, 3.05) is 18.6 Å². The third-order valence-corrected chi connectivity index (χ3v) is 5.56. The smallest absolute Gasteiger partial charge is 0.330 e. The molecule has 0 fully saturated rings. The van der Waals surface area contributed by atoms with Crippen molar-refractivity contribution in [3.63, 3.8) is 0 Å². The maximum atomic E-state index is 11.1. The third kappa shape index (κ3) is 26.2. The molecule has 17 N–H and O–H groups in total. The van der Waals surface area contributed by atoms with Gasteiger partial charge in [0.2, 0.25) is 0 Å². The van der Waals surface area contributed by atoms with E-state index in [0.29, 0.717) is 19.4 Å². The van der Waals surface area contributed by atoms with Crippen molar-refractivity contribution in [1.29, 1.82) is 0 Å². The Morgan fingerprint density at radius 2 is 1.44 bits per heavy atom. The van der Waals surface area contributed by atoms with E-state index >= 15 is 0 Å². The van der Waals surface area contributed by atoms with Crippen LogP contribution >= 0.6 is 11.8 Å². The average molecular weight is 641 g/mol. The van der Waals surface area contributed by atoms with Crippen LogP contribution in [0, 0.1) is 0 Å². The minimum atomic E-state index is -1.18. The van der Waals surface area contributed by atoms with Gasteiger partial charge in [0, 0.05) is 18.3 Å². The van der Waals surface area contributed by atoms with Crippen LogP contribution in [0.1, 0.15) is 45.2 Å². The topological polar surface area (TPSA) is 360 Å². The van der Waals surface area contributed by atoms with Gasteiger partial charge in [-0.1, -0.05) is 6.42 Å².